The van der Waals surface area contributed by atoms with Crippen molar-refractivity contribution in [2.24, 2.45) is 23.7 Å². The molecule has 8 heteroatoms. The Hall–Kier alpha value is -2.48. The van der Waals surface area contributed by atoms with Crippen LogP contribution in [0.4, 0.5) is 18.9 Å². The zero-order valence-electron chi connectivity index (χ0n) is 14.9. The number of halogens is 3. The van der Waals surface area contributed by atoms with Crippen LogP contribution in [0, 0.1) is 23.7 Å². The average Bonchev–Trinajstić information content (AvgIpc) is 3.03. The van der Waals surface area contributed by atoms with Crippen molar-refractivity contribution in [2.45, 2.75) is 31.2 Å². The molecule has 1 aliphatic carbocycles. The second kappa shape index (κ2) is 6.01. The number of benzene rings is 1. The smallest absolute Gasteiger partial charge is 0.373 e. The summed E-state index contributed by atoms with van der Waals surface area (Å²) in [6.07, 6.45) is 0.0476. The summed E-state index contributed by atoms with van der Waals surface area (Å²) in [4.78, 5) is 21.2. The van der Waals surface area contributed by atoms with Gasteiger partial charge in [0.15, 0.2) is 0 Å². The molecule has 1 aromatic carbocycles. The van der Waals surface area contributed by atoms with Crippen molar-refractivity contribution >= 4 is 11.6 Å². The number of ether oxygens (including phenoxy) is 1. The van der Waals surface area contributed by atoms with Gasteiger partial charge in [-0.1, -0.05) is 13.0 Å². The number of alkyl halides is 3. The van der Waals surface area contributed by atoms with Gasteiger partial charge < -0.3 is 10.1 Å². The number of amides is 1. The van der Waals surface area contributed by atoms with Crippen LogP contribution >= 0.6 is 0 Å². The van der Waals surface area contributed by atoms with Crippen LogP contribution in [0.3, 0.4) is 0 Å². The first-order chi connectivity index (χ1) is 13.4. The molecule has 28 heavy (non-hydrogen) atoms. The molecule has 0 radical (unpaired) electrons. The normalized spacial score (nSPS) is 35.5. The van der Waals surface area contributed by atoms with Crippen LogP contribution in [-0.4, -0.2) is 28.1 Å². The molecule has 3 aliphatic rings. The lowest BCUT2D eigenvalue weighted by atomic mass is 9.75. The van der Waals surface area contributed by atoms with E-state index in [0.29, 0.717) is 17.8 Å². The molecule has 2 saturated heterocycles. The molecule has 2 unspecified atom stereocenters. The lowest BCUT2D eigenvalue weighted by Crippen LogP contribution is -2.37. The fourth-order valence-corrected chi connectivity index (χ4v) is 5.17. The number of hydrogen-bond donors (Lipinski definition) is 1. The quantitative estimate of drug-likeness (QED) is 0.873. The van der Waals surface area contributed by atoms with Gasteiger partial charge >= 0.3 is 6.18 Å². The van der Waals surface area contributed by atoms with Gasteiger partial charge in [0.2, 0.25) is 5.91 Å². The molecule has 2 aliphatic heterocycles. The molecule has 2 bridgehead atoms. The minimum atomic E-state index is -4.46. The van der Waals surface area contributed by atoms with Crippen molar-refractivity contribution in [3.05, 3.63) is 54.1 Å². The maximum Gasteiger partial charge on any atom is 0.416 e. The monoisotopic (exact) mass is 389 g/mol. The van der Waals surface area contributed by atoms with E-state index in [1.165, 1.54) is 18.5 Å². The lowest BCUT2D eigenvalue weighted by molar-refractivity contribution is -0.137. The van der Waals surface area contributed by atoms with Crippen molar-refractivity contribution in [2.75, 3.05) is 5.32 Å². The van der Waals surface area contributed by atoms with Crippen molar-refractivity contribution in [3.8, 4) is 0 Å². The minimum absolute atomic E-state index is 0.0757. The molecule has 1 amide bonds. The van der Waals surface area contributed by atoms with Gasteiger partial charge in [-0.2, -0.15) is 13.2 Å². The number of carbonyl (C=O) groups is 1. The van der Waals surface area contributed by atoms with Crippen molar-refractivity contribution in [1.82, 2.24) is 9.97 Å². The number of nitrogens with zero attached hydrogens (tertiary/aromatic N) is 2. The average molecular weight is 389 g/mol. The molecule has 1 saturated carbocycles. The van der Waals surface area contributed by atoms with Gasteiger partial charge in [0.25, 0.3) is 0 Å². The van der Waals surface area contributed by atoms with Gasteiger partial charge in [0.1, 0.15) is 6.33 Å². The molecule has 3 fully saturated rings. The number of carbonyl (C=O) groups excluding carboxylic acids is 1. The summed E-state index contributed by atoms with van der Waals surface area (Å²) in [6.45, 7) is 2.16. The maximum absolute atomic E-state index is 13.1. The lowest BCUT2D eigenvalue weighted by Gasteiger charge is -2.26. The first-order valence-corrected chi connectivity index (χ1v) is 9.25. The molecule has 146 valence electrons. The third-order valence-electron chi connectivity index (χ3n) is 6.41. The number of rotatable bonds is 3. The number of anilines is 1. The van der Waals surface area contributed by atoms with E-state index >= 15 is 0 Å². The van der Waals surface area contributed by atoms with Crippen molar-refractivity contribution in [3.63, 3.8) is 0 Å². The fraction of sp³-hybridized carbons (Fsp3) is 0.450. The highest BCUT2D eigenvalue weighted by atomic mass is 19.4. The molecular weight excluding hydrogens is 371 g/mol. The number of fused-ring (bicyclic) bond motifs is 5. The Morgan fingerprint density at radius 1 is 1.14 bits per heavy atom. The van der Waals surface area contributed by atoms with Crippen molar-refractivity contribution < 1.29 is 22.7 Å². The zero-order chi connectivity index (χ0) is 19.6. The summed E-state index contributed by atoms with van der Waals surface area (Å²) >= 11 is 0. The van der Waals surface area contributed by atoms with Crippen LogP contribution in [0.1, 0.15) is 24.0 Å². The van der Waals surface area contributed by atoms with Crippen LogP contribution in [0.15, 0.2) is 43.0 Å². The molecule has 1 aromatic heterocycles. The summed E-state index contributed by atoms with van der Waals surface area (Å²) in [6, 6.07) is 4.69. The first-order valence-electron chi connectivity index (χ1n) is 9.25. The Bertz CT molecular complexity index is 920. The van der Waals surface area contributed by atoms with Crippen LogP contribution in [0.25, 0.3) is 0 Å². The standard InChI is InChI=1S/C20H18F3N3O2/c1-9-13-14(9)18-16(15(17(13)28-18)10-6-24-8-25-7-10)19(27)26-12-4-2-3-11(5-12)20(21,22)23/h2-9,13-18H,1H3,(H,26,27)/t9-,13?,14?,15-,16-,17+,18-/m1/s1. The van der Waals surface area contributed by atoms with E-state index in [0.717, 1.165) is 17.7 Å². The number of hydrogen-bond acceptors (Lipinski definition) is 4. The van der Waals surface area contributed by atoms with E-state index in [1.807, 2.05) is 0 Å². The van der Waals surface area contributed by atoms with Crippen LogP contribution in [-0.2, 0) is 15.7 Å². The van der Waals surface area contributed by atoms with E-state index in [-0.39, 0.29) is 29.7 Å². The molecule has 2 aromatic rings. The van der Waals surface area contributed by atoms with E-state index in [2.05, 4.69) is 22.2 Å². The highest BCUT2D eigenvalue weighted by molar-refractivity contribution is 5.94. The van der Waals surface area contributed by atoms with Crippen LogP contribution in [0.2, 0.25) is 0 Å². The Morgan fingerprint density at radius 2 is 1.86 bits per heavy atom. The minimum Gasteiger partial charge on any atom is -0.373 e. The second-order valence-corrected chi connectivity index (χ2v) is 7.87. The molecule has 1 N–H and O–H groups in total. The molecule has 0 spiro atoms. The Morgan fingerprint density at radius 3 is 2.57 bits per heavy atom. The molecular formula is C20H18F3N3O2. The predicted octanol–water partition coefficient (Wildman–Crippen LogP) is 3.50. The first kappa shape index (κ1) is 17.6. The second-order valence-electron chi connectivity index (χ2n) is 7.87. The molecule has 7 atom stereocenters. The van der Waals surface area contributed by atoms with Crippen LogP contribution in [0.5, 0.6) is 0 Å². The predicted molar refractivity (Wildman–Crippen MR) is 93.1 cm³/mol. The summed E-state index contributed by atoms with van der Waals surface area (Å²) in [5, 5.41) is 2.68. The topological polar surface area (TPSA) is 64.1 Å². The third kappa shape index (κ3) is 2.62. The SMILES string of the molecule is C[C@H]1C2C1[C@@H]1O[C@H]2[C@H](C(=O)Nc2cccc(C(F)(F)F)c2)[C@H]1c1cncnc1. The summed E-state index contributed by atoms with van der Waals surface area (Å²) in [5.41, 5.74) is 0.168. The van der Waals surface area contributed by atoms with Gasteiger partial charge in [-0.25, -0.2) is 9.97 Å². The Kier molecular flexibility index (Phi) is 3.78. The van der Waals surface area contributed by atoms with Gasteiger partial charge in [0.05, 0.1) is 23.7 Å². The van der Waals surface area contributed by atoms with Crippen molar-refractivity contribution in [1.29, 1.82) is 0 Å². The number of aromatic nitrogens is 2. The van der Waals surface area contributed by atoms with Gasteiger partial charge in [-0.15, -0.1) is 0 Å². The highest BCUT2D eigenvalue weighted by Crippen LogP contribution is 2.68. The molecule has 3 heterocycles. The van der Waals surface area contributed by atoms with E-state index in [1.54, 1.807) is 12.4 Å². The van der Waals surface area contributed by atoms with E-state index in [4.69, 9.17) is 4.74 Å². The highest BCUT2D eigenvalue weighted by Gasteiger charge is 2.72. The third-order valence-corrected chi connectivity index (χ3v) is 6.41. The van der Waals surface area contributed by atoms with Crippen LogP contribution < -0.4 is 5.32 Å². The van der Waals surface area contributed by atoms with E-state index < -0.39 is 17.7 Å². The largest absolute Gasteiger partial charge is 0.416 e. The summed E-state index contributed by atoms with van der Waals surface area (Å²) in [7, 11) is 0. The zero-order valence-corrected chi connectivity index (χ0v) is 14.9. The van der Waals surface area contributed by atoms with Gasteiger partial charge in [-0.3, -0.25) is 4.79 Å². The Balaban J connectivity index is 1.43. The summed E-state index contributed by atoms with van der Waals surface area (Å²) in [5.74, 6) is 0.261. The molecule has 5 rings (SSSR count). The van der Waals surface area contributed by atoms with Gasteiger partial charge in [-0.05, 0) is 41.5 Å². The maximum atomic E-state index is 13.1. The summed E-state index contributed by atoms with van der Waals surface area (Å²) < 4.78 is 45.0. The fourth-order valence-electron chi connectivity index (χ4n) is 5.17. The van der Waals surface area contributed by atoms with Gasteiger partial charge in [0, 0.05) is 24.0 Å². The van der Waals surface area contributed by atoms with E-state index in [9.17, 15) is 18.0 Å². The number of nitrogens with one attached hydrogen (secondary N) is 1. The Labute approximate surface area is 159 Å². The molecule has 5 nitrogen and oxygen atoms in total.